The number of benzene rings is 2. The number of guanidine groups is 1. The van der Waals surface area contributed by atoms with E-state index >= 15 is 0 Å². The molecule has 0 heterocycles. The molecule has 0 bridgehead atoms. The van der Waals surface area contributed by atoms with Crippen LogP contribution in [0.1, 0.15) is 33.5 Å². The summed E-state index contributed by atoms with van der Waals surface area (Å²) in [5, 5.41) is 6.58. The van der Waals surface area contributed by atoms with Crippen LogP contribution in [-0.2, 0) is 22.6 Å². The SMILES string of the molecule is CN=C(NCc1ccc(C(=O)OC)c(OC)c1)NCc1ccc(C)cc1OCCCOC. The number of rotatable bonds is 11. The number of hydrogen-bond donors (Lipinski definition) is 2. The lowest BCUT2D eigenvalue weighted by Crippen LogP contribution is -2.36. The second kappa shape index (κ2) is 13.2. The van der Waals surface area contributed by atoms with Gasteiger partial charge in [0.2, 0.25) is 0 Å². The Morgan fingerprint density at radius 3 is 2.44 bits per heavy atom. The third kappa shape index (κ3) is 7.46. The van der Waals surface area contributed by atoms with Crippen LogP contribution in [0.25, 0.3) is 0 Å². The number of ether oxygens (including phenoxy) is 4. The van der Waals surface area contributed by atoms with Gasteiger partial charge in [-0.05, 0) is 36.2 Å². The molecule has 2 rings (SSSR count). The van der Waals surface area contributed by atoms with Crippen LogP contribution in [-0.4, -0.2) is 53.5 Å². The van der Waals surface area contributed by atoms with Gasteiger partial charge >= 0.3 is 5.97 Å². The van der Waals surface area contributed by atoms with Gasteiger partial charge in [-0.25, -0.2) is 4.79 Å². The highest BCUT2D eigenvalue weighted by atomic mass is 16.5. The maximum Gasteiger partial charge on any atom is 0.341 e. The predicted octanol–water partition coefficient (Wildman–Crippen LogP) is 3.07. The van der Waals surface area contributed by atoms with Crippen molar-refractivity contribution in [2.45, 2.75) is 26.4 Å². The van der Waals surface area contributed by atoms with Crippen molar-refractivity contribution in [2.75, 3.05) is 41.6 Å². The lowest BCUT2D eigenvalue weighted by Gasteiger charge is -2.16. The van der Waals surface area contributed by atoms with E-state index in [1.54, 1.807) is 26.3 Å². The maximum atomic E-state index is 11.8. The smallest absolute Gasteiger partial charge is 0.341 e. The summed E-state index contributed by atoms with van der Waals surface area (Å²) in [6.07, 6.45) is 0.832. The second-order valence-corrected chi connectivity index (χ2v) is 7.11. The van der Waals surface area contributed by atoms with Crippen molar-refractivity contribution in [3.63, 3.8) is 0 Å². The van der Waals surface area contributed by atoms with Gasteiger partial charge in [0, 0.05) is 45.8 Å². The summed E-state index contributed by atoms with van der Waals surface area (Å²) < 4.78 is 21.1. The minimum Gasteiger partial charge on any atom is -0.496 e. The van der Waals surface area contributed by atoms with Gasteiger partial charge in [0.05, 0.1) is 20.8 Å². The Labute approximate surface area is 189 Å². The van der Waals surface area contributed by atoms with E-state index in [1.165, 1.54) is 14.2 Å². The van der Waals surface area contributed by atoms with E-state index in [9.17, 15) is 4.79 Å². The molecule has 0 saturated carbocycles. The third-order valence-electron chi connectivity index (χ3n) is 4.77. The second-order valence-electron chi connectivity index (χ2n) is 7.11. The van der Waals surface area contributed by atoms with E-state index < -0.39 is 5.97 Å². The molecule has 0 saturated heterocycles. The molecule has 0 fully saturated rings. The molecule has 8 nitrogen and oxygen atoms in total. The van der Waals surface area contributed by atoms with Gasteiger partial charge in [0.1, 0.15) is 17.1 Å². The largest absolute Gasteiger partial charge is 0.496 e. The molecule has 8 heteroatoms. The van der Waals surface area contributed by atoms with Crippen molar-refractivity contribution in [3.05, 3.63) is 58.7 Å². The molecule has 0 atom stereocenters. The Morgan fingerprint density at radius 2 is 1.75 bits per heavy atom. The van der Waals surface area contributed by atoms with Gasteiger partial charge in [-0.2, -0.15) is 0 Å². The van der Waals surface area contributed by atoms with Crippen molar-refractivity contribution < 1.29 is 23.7 Å². The number of methoxy groups -OCH3 is 3. The molecule has 0 amide bonds. The van der Waals surface area contributed by atoms with Crippen LogP contribution in [0.3, 0.4) is 0 Å². The molecule has 0 aliphatic rings. The molecule has 0 aromatic heterocycles. The van der Waals surface area contributed by atoms with Crippen molar-refractivity contribution in [1.29, 1.82) is 0 Å². The van der Waals surface area contributed by atoms with Crippen molar-refractivity contribution in [2.24, 2.45) is 4.99 Å². The van der Waals surface area contributed by atoms with Gasteiger partial charge in [-0.1, -0.05) is 18.2 Å². The number of carbonyl (C=O) groups is 1. The first-order valence-electron chi connectivity index (χ1n) is 10.4. The predicted molar refractivity (Wildman–Crippen MR) is 125 cm³/mol. The number of esters is 1. The van der Waals surface area contributed by atoms with Crippen LogP contribution in [0.4, 0.5) is 0 Å². The zero-order valence-electron chi connectivity index (χ0n) is 19.5. The summed E-state index contributed by atoms with van der Waals surface area (Å²) in [5.74, 6) is 1.53. The van der Waals surface area contributed by atoms with E-state index in [0.29, 0.717) is 43.6 Å². The quantitative estimate of drug-likeness (QED) is 0.239. The molecule has 2 aromatic rings. The van der Waals surface area contributed by atoms with Crippen molar-refractivity contribution in [1.82, 2.24) is 10.6 Å². The number of aryl methyl sites for hydroxylation is 1. The van der Waals surface area contributed by atoms with Crippen LogP contribution in [0.15, 0.2) is 41.4 Å². The lowest BCUT2D eigenvalue weighted by molar-refractivity contribution is 0.0597. The summed E-state index contributed by atoms with van der Waals surface area (Å²) in [6, 6.07) is 11.5. The van der Waals surface area contributed by atoms with Gasteiger partial charge < -0.3 is 29.6 Å². The van der Waals surface area contributed by atoms with Crippen LogP contribution >= 0.6 is 0 Å². The maximum absolute atomic E-state index is 11.8. The Morgan fingerprint density at radius 1 is 0.969 bits per heavy atom. The minimum atomic E-state index is -0.433. The van der Waals surface area contributed by atoms with Crippen LogP contribution in [0.2, 0.25) is 0 Å². The Bertz CT molecular complexity index is 915. The third-order valence-corrected chi connectivity index (χ3v) is 4.77. The fourth-order valence-electron chi connectivity index (χ4n) is 3.04. The van der Waals surface area contributed by atoms with Gasteiger partial charge in [0.25, 0.3) is 0 Å². The number of carbonyl (C=O) groups excluding carboxylic acids is 1. The van der Waals surface area contributed by atoms with Crippen molar-refractivity contribution >= 4 is 11.9 Å². The number of nitrogens with one attached hydrogen (secondary N) is 2. The van der Waals surface area contributed by atoms with Crippen LogP contribution < -0.4 is 20.1 Å². The Hall–Kier alpha value is -3.26. The van der Waals surface area contributed by atoms with Crippen molar-refractivity contribution in [3.8, 4) is 11.5 Å². The molecule has 32 heavy (non-hydrogen) atoms. The van der Waals surface area contributed by atoms with Gasteiger partial charge in [-0.3, -0.25) is 4.99 Å². The summed E-state index contributed by atoms with van der Waals surface area (Å²) in [5.41, 5.74) is 3.51. The van der Waals surface area contributed by atoms with Crippen LogP contribution in [0, 0.1) is 6.92 Å². The molecule has 0 unspecified atom stereocenters. The summed E-state index contributed by atoms with van der Waals surface area (Å²) in [6.45, 7) is 4.37. The molecule has 2 N–H and O–H groups in total. The highest BCUT2D eigenvalue weighted by Gasteiger charge is 2.13. The minimum absolute atomic E-state index is 0.388. The number of aliphatic imine (C=N–C) groups is 1. The number of nitrogens with zero attached hydrogens (tertiary/aromatic N) is 1. The summed E-state index contributed by atoms with van der Waals surface area (Å²) in [7, 11) is 6.27. The Kier molecular flexibility index (Phi) is 10.3. The van der Waals surface area contributed by atoms with E-state index in [2.05, 4.69) is 27.8 Å². The summed E-state index contributed by atoms with van der Waals surface area (Å²) in [4.78, 5) is 16.1. The van der Waals surface area contributed by atoms with Crippen LogP contribution in [0.5, 0.6) is 11.5 Å². The number of hydrogen-bond acceptors (Lipinski definition) is 6. The first-order valence-corrected chi connectivity index (χ1v) is 10.4. The van der Waals surface area contributed by atoms with E-state index in [1.807, 2.05) is 19.1 Å². The molecule has 2 aromatic carbocycles. The average molecular weight is 444 g/mol. The highest BCUT2D eigenvalue weighted by molar-refractivity contribution is 5.92. The monoisotopic (exact) mass is 443 g/mol. The zero-order chi connectivity index (χ0) is 23.3. The molecular weight excluding hydrogens is 410 g/mol. The van der Waals surface area contributed by atoms with E-state index in [4.69, 9.17) is 18.9 Å². The fraction of sp³-hybridized carbons (Fsp3) is 0.417. The highest BCUT2D eigenvalue weighted by Crippen LogP contribution is 2.22. The van der Waals surface area contributed by atoms with E-state index in [0.717, 1.165) is 28.9 Å². The fourth-order valence-corrected chi connectivity index (χ4v) is 3.04. The summed E-state index contributed by atoms with van der Waals surface area (Å²) >= 11 is 0. The molecule has 0 aliphatic heterocycles. The standard InChI is InChI=1S/C24H33N3O5/c1-17-7-9-19(21(13-17)32-12-6-11-29-3)16-27-24(25-2)26-15-18-8-10-20(23(28)31-5)22(14-18)30-4/h7-10,13-14H,6,11-12,15-16H2,1-5H3,(H2,25,26,27). The zero-order valence-corrected chi connectivity index (χ0v) is 19.5. The topological polar surface area (TPSA) is 90.4 Å². The molecule has 0 spiro atoms. The van der Waals surface area contributed by atoms with Gasteiger partial charge in [0.15, 0.2) is 5.96 Å². The molecular formula is C24H33N3O5. The Balaban J connectivity index is 1.97. The first kappa shape index (κ1) is 25.0. The molecule has 0 aliphatic carbocycles. The average Bonchev–Trinajstić information content (AvgIpc) is 2.82. The molecule has 174 valence electrons. The van der Waals surface area contributed by atoms with Gasteiger partial charge in [-0.15, -0.1) is 0 Å². The first-order chi connectivity index (χ1) is 15.5. The molecule has 0 radical (unpaired) electrons. The normalized spacial score (nSPS) is 11.1. The van der Waals surface area contributed by atoms with E-state index in [-0.39, 0.29) is 0 Å². The lowest BCUT2D eigenvalue weighted by atomic mass is 10.1.